The van der Waals surface area contributed by atoms with E-state index in [0.717, 1.165) is 12.5 Å². The van der Waals surface area contributed by atoms with E-state index in [0.29, 0.717) is 17.5 Å². The van der Waals surface area contributed by atoms with Crippen molar-refractivity contribution in [1.29, 1.82) is 0 Å². The van der Waals surface area contributed by atoms with Crippen LogP contribution in [0.15, 0.2) is 0 Å². The Bertz CT molecular complexity index is 232. The highest BCUT2D eigenvalue weighted by atomic mass is 15.2. The second-order valence-corrected chi connectivity index (χ2v) is 6.93. The monoisotopic (exact) mass is 241 g/mol. The molecule has 0 amide bonds. The molecule has 3 heteroatoms. The molecule has 1 aliphatic rings. The fourth-order valence-electron chi connectivity index (χ4n) is 2.93. The minimum Gasteiger partial charge on any atom is -0.315 e. The molecule has 0 aliphatic carbocycles. The van der Waals surface area contributed by atoms with Crippen molar-refractivity contribution in [3.63, 3.8) is 0 Å². The summed E-state index contributed by atoms with van der Waals surface area (Å²) in [5.41, 5.74) is 0.328. The lowest BCUT2D eigenvalue weighted by atomic mass is 9.86. The molecule has 1 saturated heterocycles. The molecular weight excluding hydrogens is 210 g/mol. The smallest absolute Gasteiger partial charge is 0.0254 e. The summed E-state index contributed by atoms with van der Waals surface area (Å²) in [5.74, 6) is 0.780. The number of hydrogen-bond acceptors (Lipinski definition) is 3. The van der Waals surface area contributed by atoms with Crippen LogP contribution in [0.2, 0.25) is 0 Å². The average Bonchev–Trinajstić information content (AvgIpc) is 2.54. The Balaban J connectivity index is 2.54. The van der Waals surface area contributed by atoms with Crippen molar-refractivity contribution in [1.82, 2.24) is 15.1 Å². The first kappa shape index (κ1) is 14.9. The lowest BCUT2D eigenvalue weighted by Gasteiger charge is -2.34. The summed E-state index contributed by atoms with van der Waals surface area (Å²) in [6.07, 6.45) is 0. The predicted octanol–water partition coefficient (Wildman–Crippen LogP) is 1.50. The first-order valence-corrected chi connectivity index (χ1v) is 6.81. The second kappa shape index (κ2) is 5.68. The van der Waals surface area contributed by atoms with Crippen LogP contribution in [-0.4, -0.2) is 62.7 Å². The molecule has 0 aromatic carbocycles. The minimum atomic E-state index is 0.328. The van der Waals surface area contributed by atoms with Gasteiger partial charge in [-0.3, -0.25) is 4.90 Å². The first-order chi connectivity index (χ1) is 7.75. The number of likely N-dealkylation sites (N-methyl/N-ethyl adjacent to an activating group) is 2. The fraction of sp³-hybridized carbons (Fsp3) is 1.00. The van der Waals surface area contributed by atoms with E-state index in [-0.39, 0.29) is 0 Å². The largest absolute Gasteiger partial charge is 0.315 e. The van der Waals surface area contributed by atoms with Crippen LogP contribution in [0.4, 0.5) is 0 Å². The Labute approximate surface area is 108 Å². The van der Waals surface area contributed by atoms with E-state index in [2.05, 4.69) is 64.0 Å². The van der Waals surface area contributed by atoms with Crippen LogP contribution in [0.25, 0.3) is 0 Å². The van der Waals surface area contributed by atoms with E-state index < -0.39 is 0 Å². The van der Waals surface area contributed by atoms with Crippen LogP contribution >= 0.6 is 0 Å². The topological polar surface area (TPSA) is 18.5 Å². The standard InChI is InChI=1S/C14H31N3/c1-11-8-17(9-12(11)16(6)7)10-13(15-5)14(2,3)4/h11-13,15H,8-10H2,1-7H3. The van der Waals surface area contributed by atoms with Gasteiger partial charge in [0.2, 0.25) is 0 Å². The summed E-state index contributed by atoms with van der Waals surface area (Å²) in [5, 5.41) is 3.47. The van der Waals surface area contributed by atoms with Gasteiger partial charge in [-0.2, -0.15) is 0 Å². The Morgan fingerprint density at radius 2 is 1.88 bits per heavy atom. The quantitative estimate of drug-likeness (QED) is 0.805. The molecule has 0 saturated carbocycles. The molecule has 102 valence electrons. The molecule has 0 spiro atoms. The lowest BCUT2D eigenvalue weighted by molar-refractivity contribution is 0.191. The van der Waals surface area contributed by atoms with Crippen molar-refractivity contribution >= 4 is 0 Å². The van der Waals surface area contributed by atoms with Crippen molar-refractivity contribution in [3.05, 3.63) is 0 Å². The normalized spacial score (nSPS) is 28.9. The van der Waals surface area contributed by atoms with Gasteiger partial charge in [0.05, 0.1) is 0 Å². The molecule has 17 heavy (non-hydrogen) atoms. The van der Waals surface area contributed by atoms with E-state index in [1.54, 1.807) is 0 Å². The van der Waals surface area contributed by atoms with Crippen LogP contribution in [0, 0.1) is 11.3 Å². The van der Waals surface area contributed by atoms with Crippen LogP contribution in [-0.2, 0) is 0 Å². The molecule has 1 heterocycles. The molecular formula is C14H31N3. The summed E-state index contributed by atoms with van der Waals surface area (Å²) in [7, 11) is 6.48. The van der Waals surface area contributed by atoms with Gasteiger partial charge in [0, 0.05) is 31.7 Å². The van der Waals surface area contributed by atoms with Gasteiger partial charge >= 0.3 is 0 Å². The molecule has 0 bridgehead atoms. The SMILES string of the molecule is CNC(CN1CC(C)C(N(C)C)C1)C(C)(C)C. The van der Waals surface area contributed by atoms with Crippen LogP contribution in [0.5, 0.6) is 0 Å². The number of rotatable bonds is 4. The van der Waals surface area contributed by atoms with Crippen molar-refractivity contribution < 1.29 is 0 Å². The predicted molar refractivity (Wildman–Crippen MR) is 75.4 cm³/mol. The third kappa shape index (κ3) is 3.94. The molecule has 3 unspecified atom stereocenters. The van der Waals surface area contributed by atoms with Gasteiger partial charge in [0.15, 0.2) is 0 Å². The summed E-state index contributed by atoms with van der Waals surface area (Å²) in [6, 6.07) is 1.28. The van der Waals surface area contributed by atoms with Gasteiger partial charge in [-0.05, 0) is 32.5 Å². The second-order valence-electron chi connectivity index (χ2n) is 6.93. The van der Waals surface area contributed by atoms with Gasteiger partial charge in [0.25, 0.3) is 0 Å². The van der Waals surface area contributed by atoms with E-state index in [1.165, 1.54) is 13.1 Å². The maximum atomic E-state index is 3.47. The first-order valence-electron chi connectivity index (χ1n) is 6.81. The van der Waals surface area contributed by atoms with E-state index in [1.807, 2.05) is 0 Å². The van der Waals surface area contributed by atoms with Crippen molar-refractivity contribution in [2.75, 3.05) is 40.8 Å². The molecule has 1 N–H and O–H groups in total. The summed E-state index contributed by atoms with van der Waals surface area (Å²) in [4.78, 5) is 4.98. The van der Waals surface area contributed by atoms with E-state index in [9.17, 15) is 0 Å². The fourth-order valence-corrected chi connectivity index (χ4v) is 2.93. The Morgan fingerprint density at radius 1 is 1.29 bits per heavy atom. The molecule has 1 rings (SSSR count). The van der Waals surface area contributed by atoms with E-state index >= 15 is 0 Å². The van der Waals surface area contributed by atoms with Crippen molar-refractivity contribution in [2.24, 2.45) is 11.3 Å². The molecule has 0 aromatic rings. The van der Waals surface area contributed by atoms with Gasteiger partial charge in [0.1, 0.15) is 0 Å². The number of nitrogens with one attached hydrogen (secondary N) is 1. The Morgan fingerprint density at radius 3 is 2.24 bits per heavy atom. The molecule has 3 nitrogen and oxygen atoms in total. The zero-order valence-electron chi connectivity index (χ0n) is 12.7. The molecule has 1 aliphatic heterocycles. The Hall–Kier alpha value is -0.120. The molecule has 1 fully saturated rings. The molecule has 0 aromatic heterocycles. The highest BCUT2D eigenvalue weighted by molar-refractivity contribution is 4.90. The van der Waals surface area contributed by atoms with E-state index in [4.69, 9.17) is 0 Å². The summed E-state index contributed by atoms with van der Waals surface area (Å²) >= 11 is 0. The van der Waals surface area contributed by atoms with Gasteiger partial charge in [-0.25, -0.2) is 0 Å². The number of likely N-dealkylation sites (tertiary alicyclic amines) is 1. The highest BCUT2D eigenvalue weighted by Gasteiger charge is 2.33. The highest BCUT2D eigenvalue weighted by Crippen LogP contribution is 2.24. The number of nitrogens with zero attached hydrogens (tertiary/aromatic N) is 2. The van der Waals surface area contributed by atoms with Gasteiger partial charge < -0.3 is 10.2 Å². The zero-order valence-corrected chi connectivity index (χ0v) is 12.7. The van der Waals surface area contributed by atoms with Crippen LogP contribution in [0.3, 0.4) is 0 Å². The minimum absolute atomic E-state index is 0.328. The summed E-state index contributed by atoms with van der Waals surface area (Å²) < 4.78 is 0. The van der Waals surface area contributed by atoms with Gasteiger partial charge in [-0.15, -0.1) is 0 Å². The Kier molecular flexibility index (Phi) is 4.99. The zero-order chi connectivity index (χ0) is 13.2. The third-order valence-electron chi connectivity index (χ3n) is 4.15. The van der Waals surface area contributed by atoms with Crippen molar-refractivity contribution in [2.45, 2.75) is 39.8 Å². The van der Waals surface area contributed by atoms with Crippen LogP contribution in [0.1, 0.15) is 27.7 Å². The third-order valence-corrected chi connectivity index (χ3v) is 4.15. The number of hydrogen-bond donors (Lipinski definition) is 1. The lowest BCUT2D eigenvalue weighted by Crippen LogP contribution is -2.47. The maximum absolute atomic E-state index is 3.47. The molecule has 3 atom stereocenters. The average molecular weight is 241 g/mol. The summed E-state index contributed by atoms with van der Waals surface area (Å²) in [6.45, 7) is 12.9. The molecule has 0 radical (unpaired) electrons. The van der Waals surface area contributed by atoms with Crippen molar-refractivity contribution in [3.8, 4) is 0 Å². The van der Waals surface area contributed by atoms with Crippen LogP contribution < -0.4 is 5.32 Å². The van der Waals surface area contributed by atoms with Gasteiger partial charge in [-0.1, -0.05) is 27.7 Å². The maximum Gasteiger partial charge on any atom is 0.0254 e.